The van der Waals surface area contributed by atoms with Gasteiger partial charge in [0.1, 0.15) is 23.2 Å². The molecule has 0 radical (unpaired) electrons. The molecule has 7 nitrogen and oxygen atoms in total. The fourth-order valence-corrected chi connectivity index (χ4v) is 3.93. The highest BCUT2D eigenvalue weighted by Crippen LogP contribution is 2.27. The average molecular weight is 441 g/mol. The number of likely N-dealkylation sites (tertiary alicyclic amines) is 1. The number of nitrogens with one attached hydrogen (secondary N) is 2. The SMILES string of the molecule is COc1ccccc1NC(=O)Nc1ccnn1C1CCN(Cc2ccc(F)cc2F)CC1. The summed E-state index contributed by atoms with van der Waals surface area (Å²) in [6.45, 7) is 1.92. The van der Waals surface area contributed by atoms with Crippen molar-refractivity contribution in [2.24, 2.45) is 0 Å². The molecular formula is C23H25F2N5O2. The standard InChI is InChI=1S/C23H25F2N5O2/c1-32-21-5-3-2-4-20(21)27-23(31)28-22-8-11-26-30(22)18-9-12-29(13-10-18)15-16-6-7-17(24)14-19(16)25/h2-8,11,14,18H,9-10,12-13,15H2,1H3,(H2,27,28,31). The van der Waals surface area contributed by atoms with E-state index in [2.05, 4.69) is 20.6 Å². The van der Waals surface area contributed by atoms with E-state index in [-0.39, 0.29) is 12.1 Å². The van der Waals surface area contributed by atoms with Crippen molar-refractivity contribution in [1.82, 2.24) is 14.7 Å². The minimum Gasteiger partial charge on any atom is -0.495 e. The first-order valence-corrected chi connectivity index (χ1v) is 10.4. The summed E-state index contributed by atoms with van der Waals surface area (Å²) in [6, 6.07) is 12.3. The summed E-state index contributed by atoms with van der Waals surface area (Å²) >= 11 is 0. The summed E-state index contributed by atoms with van der Waals surface area (Å²) in [6.07, 6.45) is 3.25. The van der Waals surface area contributed by atoms with E-state index in [0.717, 1.165) is 32.0 Å². The fraction of sp³-hybridized carbons (Fsp3) is 0.304. The van der Waals surface area contributed by atoms with E-state index < -0.39 is 11.6 Å². The van der Waals surface area contributed by atoms with Crippen molar-refractivity contribution in [2.75, 3.05) is 30.8 Å². The molecule has 2 N–H and O–H groups in total. The van der Waals surface area contributed by atoms with Crippen LogP contribution in [0.15, 0.2) is 54.7 Å². The van der Waals surface area contributed by atoms with Gasteiger partial charge < -0.3 is 10.1 Å². The van der Waals surface area contributed by atoms with Crippen molar-refractivity contribution in [3.8, 4) is 5.75 Å². The number of amides is 2. The van der Waals surface area contributed by atoms with Crippen LogP contribution in [-0.2, 0) is 6.54 Å². The number of benzene rings is 2. The second kappa shape index (κ2) is 9.78. The average Bonchev–Trinajstić information content (AvgIpc) is 3.24. The lowest BCUT2D eigenvalue weighted by Gasteiger charge is -2.32. The van der Waals surface area contributed by atoms with Gasteiger partial charge >= 0.3 is 6.03 Å². The van der Waals surface area contributed by atoms with Gasteiger partial charge in [0.2, 0.25) is 0 Å². The Morgan fingerprint density at radius 1 is 1.12 bits per heavy atom. The quantitative estimate of drug-likeness (QED) is 0.584. The van der Waals surface area contributed by atoms with Gasteiger partial charge in [0.15, 0.2) is 0 Å². The molecule has 0 saturated carbocycles. The highest BCUT2D eigenvalue weighted by molar-refractivity contribution is 6.00. The van der Waals surface area contributed by atoms with E-state index in [9.17, 15) is 13.6 Å². The first kappa shape index (κ1) is 21.8. The monoisotopic (exact) mass is 441 g/mol. The number of carbonyl (C=O) groups is 1. The molecule has 4 rings (SSSR count). The lowest BCUT2D eigenvalue weighted by atomic mass is 10.0. The number of para-hydroxylation sites is 2. The molecule has 3 aromatic rings. The molecule has 0 spiro atoms. The van der Waals surface area contributed by atoms with Gasteiger partial charge in [-0.05, 0) is 31.0 Å². The van der Waals surface area contributed by atoms with E-state index in [1.54, 1.807) is 31.5 Å². The molecule has 0 aliphatic carbocycles. The number of rotatable bonds is 6. The predicted molar refractivity (Wildman–Crippen MR) is 118 cm³/mol. The number of aromatic nitrogens is 2. The minimum absolute atomic E-state index is 0.112. The van der Waals surface area contributed by atoms with Gasteiger partial charge in [0.05, 0.1) is 25.0 Å². The fourth-order valence-electron chi connectivity index (χ4n) is 3.93. The number of carbonyl (C=O) groups excluding carboxylic acids is 1. The summed E-state index contributed by atoms with van der Waals surface area (Å²) in [5.41, 5.74) is 1.05. The highest BCUT2D eigenvalue weighted by Gasteiger charge is 2.24. The Hall–Kier alpha value is -3.46. The summed E-state index contributed by atoms with van der Waals surface area (Å²) in [7, 11) is 1.55. The number of hydrogen-bond donors (Lipinski definition) is 2. The molecule has 1 saturated heterocycles. The van der Waals surface area contributed by atoms with Gasteiger partial charge in [-0.25, -0.2) is 18.3 Å². The first-order chi connectivity index (χ1) is 15.5. The van der Waals surface area contributed by atoms with Crippen molar-refractivity contribution in [3.05, 3.63) is 71.9 Å². The van der Waals surface area contributed by atoms with Crippen molar-refractivity contribution in [2.45, 2.75) is 25.4 Å². The van der Waals surface area contributed by atoms with Crippen molar-refractivity contribution >= 4 is 17.5 Å². The molecule has 1 fully saturated rings. The molecule has 1 aliphatic heterocycles. The number of halogens is 2. The van der Waals surface area contributed by atoms with Crippen LogP contribution in [0.25, 0.3) is 0 Å². The third-order valence-corrected chi connectivity index (χ3v) is 5.58. The molecule has 2 heterocycles. The van der Waals surface area contributed by atoms with E-state index >= 15 is 0 Å². The maximum atomic E-state index is 13.9. The van der Waals surface area contributed by atoms with Gasteiger partial charge in [0.25, 0.3) is 0 Å². The normalized spacial score (nSPS) is 14.8. The van der Waals surface area contributed by atoms with Crippen LogP contribution in [0.4, 0.5) is 25.1 Å². The van der Waals surface area contributed by atoms with Crippen LogP contribution in [0.1, 0.15) is 24.4 Å². The van der Waals surface area contributed by atoms with Crippen LogP contribution in [0, 0.1) is 11.6 Å². The summed E-state index contributed by atoms with van der Waals surface area (Å²) in [5, 5.41) is 10.0. The molecule has 1 aromatic heterocycles. The number of methoxy groups -OCH3 is 1. The second-order valence-corrected chi connectivity index (χ2v) is 7.68. The molecule has 168 valence electrons. The van der Waals surface area contributed by atoms with Crippen molar-refractivity contribution in [3.63, 3.8) is 0 Å². The maximum absolute atomic E-state index is 13.9. The van der Waals surface area contributed by atoms with Crippen molar-refractivity contribution in [1.29, 1.82) is 0 Å². The minimum atomic E-state index is -0.571. The van der Waals surface area contributed by atoms with Crippen LogP contribution in [0.3, 0.4) is 0 Å². The first-order valence-electron chi connectivity index (χ1n) is 10.4. The van der Waals surface area contributed by atoms with Gasteiger partial charge in [-0.1, -0.05) is 18.2 Å². The summed E-state index contributed by atoms with van der Waals surface area (Å²) < 4.78 is 34.1. The number of piperidine rings is 1. The Kier molecular flexibility index (Phi) is 6.65. The second-order valence-electron chi connectivity index (χ2n) is 7.68. The zero-order chi connectivity index (χ0) is 22.5. The Morgan fingerprint density at radius 3 is 2.66 bits per heavy atom. The van der Waals surface area contributed by atoms with Gasteiger partial charge in [-0.15, -0.1) is 0 Å². The topological polar surface area (TPSA) is 71.4 Å². The zero-order valence-corrected chi connectivity index (χ0v) is 17.7. The molecule has 0 atom stereocenters. The van der Waals surface area contributed by atoms with Crippen molar-refractivity contribution < 1.29 is 18.3 Å². The molecule has 9 heteroatoms. The third kappa shape index (κ3) is 5.05. The third-order valence-electron chi connectivity index (χ3n) is 5.58. The van der Waals surface area contributed by atoms with Crippen LogP contribution in [0.2, 0.25) is 0 Å². The Morgan fingerprint density at radius 2 is 1.91 bits per heavy atom. The lowest BCUT2D eigenvalue weighted by molar-refractivity contribution is 0.172. The maximum Gasteiger partial charge on any atom is 0.324 e. The Balaban J connectivity index is 1.34. The number of nitrogens with zero attached hydrogens (tertiary/aromatic N) is 3. The predicted octanol–water partition coefficient (Wildman–Crippen LogP) is 4.65. The molecular weight excluding hydrogens is 416 g/mol. The number of hydrogen-bond acceptors (Lipinski definition) is 4. The molecule has 0 bridgehead atoms. The highest BCUT2D eigenvalue weighted by atomic mass is 19.1. The Labute approximate surface area is 185 Å². The smallest absolute Gasteiger partial charge is 0.324 e. The molecule has 0 unspecified atom stereocenters. The van der Waals surface area contributed by atoms with Gasteiger partial charge in [-0.3, -0.25) is 10.2 Å². The van der Waals surface area contributed by atoms with E-state index in [0.29, 0.717) is 29.4 Å². The summed E-state index contributed by atoms with van der Waals surface area (Å²) in [5.74, 6) is 0.0757. The molecule has 2 aromatic carbocycles. The number of anilines is 2. The van der Waals surface area contributed by atoms with E-state index in [1.807, 2.05) is 16.8 Å². The largest absolute Gasteiger partial charge is 0.495 e. The molecule has 32 heavy (non-hydrogen) atoms. The van der Waals surface area contributed by atoms with Crippen LogP contribution < -0.4 is 15.4 Å². The lowest BCUT2D eigenvalue weighted by Crippen LogP contribution is -2.35. The van der Waals surface area contributed by atoms with E-state index in [4.69, 9.17) is 4.74 Å². The van der Waals surface area contributed by atoms with Gasteiger partial charge in [0, 0.05) is 37.3 Å². The van der Waals surface area contributed by atoms with Crippen LogP contribution in [-0.4, -0.2) is 40.9 Å². The Bertz CT molecular complexity index is 1080. The molecule has 1 aliphatic rings. The van der Waals surface area contributed by atoms with Crippen LogP contribution >= 0.6 is 0 Å². The van der Waals surface area contributed by atoms with E-state index in [1.165, 1.54) is 12.1 Å². The zero-order valence-electron chi connectivity index (χ0n) is 17.7. The number of urea groups is 1. The van der Waals surface area contributed by atoms with Gasteiger partial charge in [-0.2, -0.15) is 5.10 Å². The molecule has 2 amide bonds. The number of ether oxygens (including phenoxy) is 1. The van der Waals surface area contributed by atoms with Crippen LogP contribution in [0.5, 0.6) is 5.75 Å². The summed E-state index contributed by atoms with van der Waals surface area (Å²) in [4.78, 5) is 14.6.